The number of anilines is 1. The van der Waals surface area contributed by atoms with Gasteiger partial charge in [0.15, 0.2) is 0 Å². The van der Waals surface area contributed by atoms with E-state index in [9.17, 15) is 9.18 Å². The number of aromatic nitrogens is 2. The Balaban J connectivity index is 1.46. The van der Waals surface area contributed by atoms with Gasteiger partial charge in [0, 0.05) is 5.56 Å². The van der Waals surface area contributed by atoms with E-state index < -0.39 is 0 Å². The van der Waals surface area contributed by atoms with Crippen LogP contribution in [0, 0.1) is 19.7 Å². The lowest BCUT2D eigenvalue weighted by Crippen LogP contribution is -2.14. The zero-order valence-electron chi connectivity index (χ0n) is 18.3. The van der Waals surface area contributed by atoms with Crippen LogP contribution in [0.1, 0.15) is 32.9 Å². The van der Waals surface area contributed by atoms with E-state index in [4.69, 9.17) is 16.3 Å². The first-order valence-corrected chi connectivity index (χ1v) is 10.8. The third-order valence-corrected chi connectivity index (χ3v) is 5.60. The van der Waals surface area contributed by atoms with Crippen LogP contribution in [0.4, 0.5) is 10.1 Å². The van der Waals surface area contributed by atoms with Crippen molar-refractivity contribution in [3.63, 3.8) is 0 Å². The van der Waals surface area contributed by atoms with Gasteiger partial charge in [-0.2, -0.15) is 5.10 Å². The molecular formula is C26H23ClFN3O2. The van der Waals surface area contributed by atoms with Crippen molar-refractivity contribution in [2.75, 3.05) is 5.32 Å². The summed E-state index contributed by atoms with van der Waals surface area (Å²) in [7, 11) is 0. The molecule has 0 aliphatic heterocycles. The van der Waals surface area contributed by atoms with E-state index in [2.05, 4.69) is 10.4 Å². The Hall–Kier alpha value is -3.64. The number of aryl methyl sites for hydroxylation is 1. The van der Waals surface area contributed by atoms with E-state index in [1.807, 2.05) is 38.1 Å². The van der Waals surface area contributed by atoms with Crippen molar-refractivity contribution in [1.82, 2.24) is 9.78 Å². The average molecular weight is 464 g/mol. The van der Waals surface area contributed by atoms with Gasteiger partial charge in [-0.3, -0.25) is 9.48 Å². The van der Waals surface area contributed by atoms with Crippen molar-refractivity contribution in [1.29, 1.82) is 0 Å². The summed E-state index contributed by atoms with van der Waals surface area (Å²) in [4.78, 5) is 13.0. The van der Waals surface area contributed by atoms with Gasteiger partial charge in [-0.15, -0.1) is 0 Å². The van der Waals surface area contributed by atoms with Crippen molar-refractivity contribution < 1.29 is 13.9 Å². The fraction of sp³-hybridized carbons (Fsp3) is 0.154. The van der Waals surface area contributed by atoms with Crippen LogP contribution in [-0.4, -0.2) is 15.7 Å². The lowest BCUT2D eigenvalue weighted by atomic mass is 10.1. The first-order chi connectivity index (χ1) is 15.9. The summed E-state index contributed by atoms with van der Waals surface area (Å²) in [6.45, 7) is 4.51. The lowest BCUT2D eigenvalue weighted by Gasteiger charge is -2.10. The van der Waals surface area contributed by atoms with Crippen LogP contribution in [-0.2, 0) is 13.2 Å². The molecule has 0 unspecified atom stereocenters. The topological polar surface area (TPSA) is 56.2 Å². The molecule has 33 heavy (non-hydrogen) atoms. The van der Waals surface area contributed by atoms with Gasteiger partial charge in [0.1, 0.15) is 18.2 Å². The number of nitrogens with zero attached hydrogens (tertiary/aromatic N) is 2. The molecule has 0 aliphatic carbocycles. The molecule has 1 aromatic heterocycles. The molecule has 0 atom stereocenters. The summed E-state index contributed by atoms with van der Waals surface area (Å²) >= 11 is 6.14. The summed E-state index contributed by atoms with van der Waals surface area (Å²) in [5.41, 5.74) is 4.49. The molecule has 0 spiro atoms. The molecule has 0 aliphatic rings. The number of para-hydroxylation sites is 1. The number of carbonyl (C=O) groups is 1. The Morgan fingerprint density at radius 1 is 1.03 bits per heavy atom. The first kappa shape index (κ1) is 22.6. The molecule has 0 saturated carbocycles. The maximum absolute atomic E-state index is 13.2. The van der Waals surface area contributed by atoms with Crippen LogP contribution in [0.3, 0.4) is 0 Å². The lowest BCUT2D eigenvalue weighted by molar-refractivity contribution is 0.102. The standard InChI is InChI=1S/C26H23ClFN3O2/c1-17-25(18(2)31(30-17)15-19-10-12-22(28)13-11-19)29-26(32)21-7-5-6-20(14-21)16-33-24-9-4-3-8-23(24)27/h3-14H,15-16H2,1-2H3,(H,29,32). The molecule has 1 N–H and O–H groups in total. The number of amides is 1. The Bertz CT molecular complexity index is 1290. The van der Waals surface area contributed by atoms with E-state index in [1.165, 1.54) is 12.1 Å². The van der Waals surface area contributed by atoms with Crippen LogP contribution < -0.4 is 10.1 Å². The Labute approximate surface area is 196 Å². The second-order valence-corrected chi connectivity index (χ2v) is 8.11. The van der Waals surface area contributed by atoms with Crippen molar-refractivity contribution >= 4 is 23.2 Å². The molecule has 0 radical (unpaired) electrons. The predicted molar refractivity (Wildman–Crippen MR) is 127 cm³/mol. The van der Waals surface area contributed by atoms with Crippen LogP contribution in [0.5, 0.6) is 5.75 Å². The third kappa shape index (κ3) is 5.41. The largest absolute Gasteiger partial charge is 0.487 e. The number of hydrogen-bond donors (Lipinski definition) is 1. The molecule has 168 valence electrons. The van der Waals surface area contributed by atoms with Gasteiger partial charge in [0.2, 0.25) is 0 Å². The fourth-order valence-corrected chi connectivity index (χ4v) is 3.70. The number of halogens is 2. The minimum atomic E-state index is -0.278. The normalized spacial score (nSPS) is 10.8. The second-order valence-electron chi connectivity index (χ2n) is 7.70. The van der Waals surface area contributed by atoms with E-state index in [1.54, 1.807) is 41.1 Å². The van der Waals surface area contributed by atoms with Gasteiger partial charge in [-0.05, 0) is 61.4 Å². The number of carbonyl (C=O) groups excluding carboxylic acids is 1. The van der Waals surface area contributed by atoms with Crippen molar-refractivity contribution in [2.45, 2.75) is 27.0 Å². The SMILES string of the molecule is Cc1nn(Cc2ccc(F)cc2)c(C)c1NC(=O)c1cccc(COc2ccccc2Cl)c1. The van der Waals surface area contributed by atoms with Crippen molar-refractivity contribution in [3.8, 4) is 5.75 Å². The fourth-order valence-electron chi connectivity index (χ4n) is 3.51. The summed E-state index contributed by atoms with van der Waals surface area (Å²) in [6.07, 6.45) is 0. The Morgan fingerprint density at radius 3 is 2.55 bits per heavy atom. The maximum Gasteiger partial charge on any atom is 0.255 e. The third-order valence-electron chi connectivity index (χ3n) is 5.29. The molecule has 0 fully saturated rings. The molecule has 0 saturated heterocycles. The van der Waals surface area contributed by atoms with Crippen LogP contribution >= 0.6 is 11.6 Å². The second kappa shape index (κ2) is 9.88. The molecular weight excluding hydrogens is 441 g/mol. The van der Waals surface area contributed by atoms with Gasteiger partial charge in [0.25, 0.3) is 5.91 Å². The zero-order chi connectivity index (χ0) is 23.4. The van der Waals surface area contributed by atoms with Crippen LogP contribution in [0.25, 0.3) is 0 Å². The zero-order valence-corrected chi connectivity index (χ0v) is 19.1. The van der Waals surface area contributed by atoms with Gasteiger partial charge >= 0.3 is 0 Å². The molecule has 0 bridgehead atoms. The highest BCUT2D eigenvalue weighted by atomic mass is 35.5. The number of rotatable bonds is 7. The Morgan fingerprint density at radius 2 is 1.79 bits per heavy atom. The molecule has 3 aromatic carbocycles. The van der Waals surface area contributed by atoms with E-state index in [0.717, 1.165) is 16.8 Å². The molecule has 7 heteroatoms. The van der Waals surface area contributed by atoms with Crippen LogP contribution in [0.15, 0.2) is 72.8 Å². The quantitative estimate of drug-likeness (QED) is 0.356. The van der Waals surface area contributed by atoms with E-state index >= 15 is 0 Å². The maximum atomic E-state index is 13.2. The summed E-state index contributed by atoms with van der Waals surface area (Å²) in [5, 5.41) is 8.05. The van der Waals surface area contributed by atoms with Crippen molar-refractivity contribution in [2.24, 2.45) is 0 Å². The molecule has 1 heterocycles. The minimum absolute atomic E-state index is 0.234. The van der Waals surface area contributed by atoms with E-state index in [-0.39, 0.29) is 11.7 Å². The highest BCUT2D eigenvalue weighted by Crippen LogP contribution is 2.25. The van der Waals surface area contributed by atoms with Crippen LogP contribution in [0.2, 0.25) is 5.02 Å². The molecule has 4 aromatic rings. The number of ether oxygens (including phenoxy) is 1. The smallest absolute Gasteiger partial charge is 0.255 e. The van der Waals surface area contributed by atoms with Gasteiger partial charge in [-0.25, -0.2) is 4.39 Å². The van der Waals surface area contributed by atoms with Gasteiger partial charge < -0.3 is 10.1 Å². The molecule has 4 rings (SSSR count). The van der Waals surface area contributed by atoms with Crippen molar-refractivity contribution in [3.05, 3.63) is 112 Å². The number of hydrogen-bond acceptors (Lipinski definition) is 3. The average Bonchev–Trinajstić information content (AvgIpc) is 3.07. The minimum Gasteiger partial charge on any atom is -0.487 e. The number of benzene rings is 3. The van der Waals surface area contributed by atoms with E-state index in [0.29, 0.717) is 40.9 Å². The highest BCUT2D eigenvalue weighted by molar-refractivity contribution is 6.32. The monoisotopic (exact) mass is 463 g/mol. The highest BCUT2D eigenvalue weighted by Gasteiger charge is 2.16. The van der Waals surface area contributed by atoms with Gasteiger partial charge in [-0.1, -0.05) is 48.0 Å². The molecule has 5 nitrogen and oxygen atoms in total. The Kier molecular flexibility index (Phi) is 6.75. The number of nitrogens with one attached hydrogen (secondary N) is 1. The molecule has 1 amide bonds. The predicted octanol–water partition coefficient (Wildman–Crippen LogP) is 6.17. The first-order valence-electron chi connectivity index (χ1n) is 10.5. The summed E-state index contributed by atoms with van der Waals surface area (Å²) in [6, 6.07) is 20.8. The van der Waals surface area contributed by atoms with Gasteiger partial charge in [0.05, 0.1) is 28.6 Å². The summed E-state index contributed by atoms with van der Waals surface area (Å²) < 4.78 is 20.8. The summed E-state index contributed by atoms with van der Waals surface area (Å²) in [5.74, 6) is 0.0792.